The maximum absolute atomic E-state index is 14.5. The zero-order chi connectivity index (χ0) is 37.7. The summed E-state index contributed by atoms with van der Waals surface area (Å²) in [6.45, 7) is 9.24. The summed E-state index contributed by atoms with van der Waals surface area (Å²) in [5, 5.41) is 9.54. The van der Waals surface area contributed by atoms with Gasteiger partial charge in [-0.15, -0.1) is 6.58 Å². The third-order valence-corrected chi connectivity index (χ3v) is 12.4. The van der Waals surface area contributed by atoms with Crippen molar-refractivity contribution in [3.05, 3.63) is 77.9 Å². The molecular weight excluding hydrogens is 699 g/mol. The molecule has 2 heterocycles. The van der Waals surface area contributed by atoms with Gasteiger partial charge in [-0.05, 0) is 60.3 Å². The van der Waals surface area contributed by atoms with Crippen molar-refractivity contribution in [2.75, 3.05) is 13.2 Å². The molecule has 0 unspecified atom stereocenters. The van der Waals surface area contributed by atoms with Crippen LogP contribution in [0.4, 0.5) is 4.79 Å². The number of hydrogen-bond acceptors (Lipinski definition) is 9. The number of ether oxygens (including phenoxy) is 1. The summed E-state index contributed by atoms with van der Waals surface area (Å²) in [7, 11) is -3.89. The first-order valence-electron chi connectivity index (χ1n) is 18.1. The minimum atomic E-state index is -3.89. The molecule has 14 heteroatoms. The van der Waals surface area contributed by atoms with E-state index in [1.54, 1.807) is 20.8 Å². The zero-order valence-corrected chi connectivity index (χ0v) is 30.9. The van der Waals surface area contributed by atoms with E-state index in [9.17, 15) is 27.6 Å². The van der Waals surface area contributed by atoms with Gasteiger partial charge in [0.1, 0.15) is 29.4 Å². The van der Waals surface area contributed by atoms with E-state index >= 15 is 0 Å². The third kappa shape index (κ3) is 7.20. The molecule has 1 saturated heterocycles. The Labute approximate surface area is 309 Å². The van der Waals surface area contributed by atoms with Gasteiger partial charge in [0.2, 0.25) is 21.8 Å². The Hall–Kier alpha value is -4.98. The number of carbonyl (C=O) groups is 4. The molecule has 2 aliphatic heterocycles. The number of hydrogen-bond donors (Lipinski definition) is 3. The fourth-order valence-corrected chi connectivity index (χ4v) is 8.70. The minimum Gasteiger partial charge on any atom is -0.450 e. The van der Waals surface area contributed by atoms with Crippen LogP contribution >= 0.6 is 0 Å². The molecule has 4 bridgehead atoms. The second kappa shape index (κ2) is 13.8. The quantitative estimate of drug-likeness (QED) is 0.318. The summed E-state index contributed by atoms with van der Waals surface area (Å²) < 4.78 is 33.0. The standard InChI is InChI=1S/C39H45N5O8S/c1-5-24-21-39(24,36(47)43-53(49,50)26-15-16-26)41-34(45)31-20-25-22-44(31)35(46)33(38(2,3)4)40-37(48)51-18-10-6-7-11-23-14-17-28-27-12-8-9-13-29(27)32(42-52-25)30(28)19-23/h5,7-9,11-14,17,19,24-26,31,33H,1,6,10,15-16,18,20-22H2,2-4H3,(H,40,48)(H,41,45)(H,43,47)/b11-7+,42-32-/t24-,25-,31+,33-,39-/m1/s1. The molecule has 280 valence electrons. The highest BCUT2D eigenvalue weighted by Gasteiger charge is 2.62. The number of rotatable bonds is 6. The Balaban J connectivity index is 1.22. The number of alkyl carbamates (subject to hydrolysis) is 1. The minimum absolute atomic E-state index is 0.0176. The molecule has 5 atom stereocenters. The molecule has 0 radical (unpaired) electrons. The monoisotopic (exact) mass is 743 g/mol. The average Bonchev–Trinajstić information content (AvgIpc) is 4.03. The van der Waals surface area contributed by atoms with Gasteiger partial charge in [0.25, 0.3) is 5.91 Å². The first kappa shape index (κ1) is 36.4. The van der Waals surface area contributed by atoms with Crippen molar-refractivity contribution in [3.8, 4) is 11.1 Å². The number of nitrogens with one attached hydrogen (secondary N) is 3. The van der Waals surface area contributed by atoms with E-state index in [0.717, 1.165) is 27.8 Å². The van der Waals surface area contributed by atoms with E-state index in [2.05, 4.69) is 27.1 Å². The molecular formula is C39H45N5O8S. The van der Waals surface area contributed by atoms with Crippen molar-refractivity contribution in [3.63, 3.8) is 0 Å². The molecule has 3 fully saturated rings. The number of carbonyl (C=O) groups excluding carboxylic acids is 4. The van der Waals surface area contributed by atoms with E-state index < -0.39 is 74.1 Å². The van der Waals surface area contributed by atoms with Crippen molar-refractivity contribution < 1.29 is 37.2 Å². The smallest absolute Gasteiger partial charge is 0.407 e. The van der Waals surface area contributed by atoms with E-state index in [-0.39, 0.29) is 26.0 Å². The number of nitrogens with zero attached hydrogens (tertiary/aromatic N) is 2. The lowest BCUT2D eigenvalue weighted by Crippen LogP contribution is -2.60. The van der Waals surface area contributed by atoms with Gasteiger partial charge >= 0.3 is 6.09 Å². The van der Waals surface area contributed by atoms with E-state index in [1.807, 2.05) is 54.6 Å². The van der Waals surface area contributed by atoms with Gasteiger partial charge in [-0.2, -0.15) is 0 Å². The Kier molecular flexibility index (Phi) is 9.46. The largest absolute Gasteiger partial charge is 0.450 e. The van der Waals surface area contributed by atoms with Crippen molar-refractivity contribution in [1.82, 2.24) is 20.3 Å². The normalized spacial score (nSPS) is 28.7. The predicted octanol–water partition coefficient (Wildman–Crippen LogP) is 4.02. The Bertz CT molecular complexity index is 2030. The third-order valence-electron chi connectivity index (χ3n) is 10.6. The van der Waals surface area contributed by atoms with Crippen molar-refractivity contribution in [2.45, 2.75) is 88.3 Å². The number of benzene rings is 2. The van der Waals surface area contributed by atoms with Crippen LogP contribution in [0.3, 0.4) is 0 Å². The molecule has 5 aliphatic rings. The first-order chi connectivity index (χ1) is 25.2. The number of oxime groups is 1. The topological polar surface area (TPSA) is 173 Å². The average molecular weight is 744 g/mol. The molecule has 3 aliphatic carbocycles. The zero-order valence-electron chi connectivity index (χ0n) is 30.1. The Morgan fingerprint density at radius 2 is 1.81 bits per heavy atom. The van der Waals surface area contributed by atoms with Gasteiger partial charge in [-0.1, -0.05) is 80.6 Å². The summed E-state index contributed by atoms with van der Waals surface area (Å²) in [6, 6.07) is 11.8. The first-order valence-corrected chi connectivity index (χ1v) is 19.7. The summed E-state index contributed by atoms with van der Waals surface area (Å²) in [5.74, 6) is -2.56. The summed E-state index contributed by atoms with van der Waals surface area (Å²) in [5.41, 5.74) is 3.04. The lowest BCUT2D eigenvalue weighted by molar-refractivity contribution is -0.143. The van der Waals surface area contributed by atoms with Crippen LogP contribution in [0.5, 0.6) is 0 Å². The predicted molar refractivity (Wildman–Crippen MR) is 198 cm³/mol. The molecule has 53 heavy (non-hydrogen) atoms. The fraction of sp³-hybridized carbons (Fsp3) is 0.462. The molecule has 2 aromatic rings. The Morgan fingerprint density at radius 1 is 1.08 bits per heavy atom. The molecule has 7 rings (SSSR count). The highest BCUT2D eigenvalue weighted by Crippen LogP contribution is 2.46. The van der Waals surface area contributed by atoms with Crippen LogP contribution in [0.1, 0.15) is 76.0 Å². The SMILES string of the molecule is C=C[C@@H]1C[C@]1(NC(=O)[C@@H]1C[C@@H]2CN1C(=O)[C@H](C(C)(C)C)NC(=O)OCCC/C=C/c1ccc3c(c1)/C(=N\O2)c1ccccc1-3)C(=O)NS(=O)(=O)C1CC1. The van der Waals surface area contributed by atoms with Crippen LogP contribution in [0.2, 0.25) is 0 Å². The number of amides is 4. The number of fused-ring (bicyclic) bond motifs is 6. The molecule has 2 saturated carbocycles. The number of cyclic esters (lactones) is 1. The van der Waals surface area contributed by atoms with Crippen LogP contribution in [0.25, 0.3) is 17.2 Å². The highest BCUT2D eigenvalue weighted by molar-refractivity contribution is 7.91. The maximum Gasteiger partial charge on any atom is 0.407 e. The highest BCUT2D eigenvalue weighted by atomic mass is 32.2. The summed E-state index contributed by atoms with van der Waals surface area (Å²) in [4.78, 5) is 62.8. The molecule has 0 aromatic heterocycles. The van der Waals surface area contributed by atoms with Gasteiger partial charge in [-0.25, -0.2) is 13.2 Å². The van der Waals surface area contributed by atoms with Gasteiger partial charge in [0.05, 0.1) is 18.4 Å². The second-order valence-electron chi connectivity index (χ2n) is 15.6. The Morgan fingerprint density at radius 3 is 2.51 bits per heavy atom. The molecule has 13 nitrogen and oxygen atoms in total. The fourth-order valence-electron chi connectivity index (χ4n) is 7.34. The van der Waals surface area contributed by atoms with Gasteiger partial charge in [0, 0.05) is 23.5 Å². The maximum atomic E-state index is 14.5. The molecule has 2 aromatic carbocycles. The number of sulfonamides is 1. The van der Waals surface area contributed by atoms with Crippen LogP contribution in [-0.2, 0) is 34.0 Å². The van der Waals surface area contributed by atoms with Crippen LogP contribution in [0, 0.1) is 11.3 Å². The lowest BCUT2D eigenvalue weighted by atomic mass is 9.85. The van der Waals surface area contributed by atoms with E-state index in [4.69, 9.17) is 9.57 Å². The molecule has 4 amide bonds. The van der Waals surface area contributed by atoms with Crippen molar-refractivity contribution >= 4 is 45.6 Å². The van der Waals surface area contributed by atoms with Crippen LogP contribution in [-0.4, -0.2) is 85.0 Å². The van der Waals surface area contributed by atoms with Gasteiger partial charge < -0.3 is 25.1 Å². The van der Waals surface area contributed by atoms with E-state index in [0.29, 0.717) is 31.4 Å². The van der Waals surface area contributed by atoms with Gasteiger partial charge in [-0.3, -0.25) is 19.1 Å². The van der Waals surface area contributed by atoms with Crippen molar-refractivity contribution in [1.29, 1.82) is 0 Å². The molecule has 3 N–H and O–H groups in total. The number of allylic oxidation sites excluding steroid dienone is 1. The lowest BCUT2D eigenvalue weighted by Gasteiger charge is -2.35. The van der Waals surface area contributed by atoms with E-state index in [1.165, 1.54) is 11.0 Å². The summed E-state index contributed by atoms with van der Waals surface area (Å²) >= 11 is 0. The van der Waals surface area contributed by atoms with Crippen LogP contribution in [0.15, 0.2) is 66.4 Å². The van der Waals surface area contributed by atoms with Gasteiger partial charge in [0.15, 0.2) is 0 Å². The van der Waals surface area contributed by atoms with Crippen molar-refractivity contribution in [2.24, 2.45) is 16.5 Å². The van der Waals surface area contributed by atoms with Crippen LogP contribution < -0.4 is 15.4 Å². The second-order valence-corrected chi connectivity index (χ2v) is 17.5. The summed E-state index contributed by atoms with van der Waals surface area (Å²) in [6.07, 6.45) is 6.33. The molecule has 0 spiro atoms.